The molecule has 0 unspecified atom stereocenters. The number of hydrogen-bond acceptors (Lipinski definition) is 5. The van der Waals surface area contributed by atoms with Crippen molar-refractivity contribution in [1.29, 1.82) is 0 Å². The van der Waals surface area contributed by atoms with E-state index in [1.165, 1.54) is 12.1 Å². The van der Waals surface area contributed by atoms with Crippen LogP contribution in [-0.2, 0) is 4.74 Å². The zero-order valence-corrected chi connectivity index (χ0v) is 16.8. The predicted molar refractivity (Wildman–Crippen MR) is 111 cm³/mol. The topological polar surface area (TPSA) is 65.0 Å². The molecule has 0 saturated carbocycles. The van der Waals surface area contributed by atoms with Gasteiger partial charge < -0.3 is 19.3 Å². The number of para-hydroxylation sites is 1. The van der Waals surface area contributed by atoms with Crippen molar-refractivity contribution in [3.63, 3.8) is 0 Å². The molecule has 0 heterocycles. The lowest BCUT2D eigenvalue weighted by molar-refractivity contribution is 0.0485. The highest BCUT2D eigenvalue weighted by Crippen LogP contribution is 2.36. The quantitative estimate of drug-likeness (QED) is 0.343. The number of phenolic OH excluding ortho intramolecular Hbond substituents is 1. The minimum absolute atomic E-state index is 0.0419. The number of halogens is 2. The second kappa shape index (κ2) is 10.0. The smallest absolute Gasteiger partial charge is 0.338 e. The van der Waals surface area contributed by atoms with Crippen molar-refractivity contribution in [2.45, 2.75) is 6.42 Å². The summed E-state index contributed by atoms with van der Waals surface area (Å²) in [5, 5.41) is 9.83. The highest BCUT2D eigenvalue weighted by Gasteiger charge is 2.11. The minimum Gasteiger partial charge on any atom is -0.508 e. The van der Waals surface area contributed by atoms with Gasteiger partial charge in [0.1, 0.15) is 17.2 Å². The van der Waals surface area contributed by atoms with E-state index in [4.69, 9.17) is 37.4 Å². The third kappa shape index (κ3) is 6.04. The molecule has 3 aromatic carbocycles. The van der Waals surface area contributed by atoms with Gasteiger partial charge in [-0.2, -0.15) is 0 Å². The lowest BCUT2D eigenvalue weighted by Crippen LogP contribution is -2.09. The number of benzene rings is 3. The molecule has 5 nitrogen and oxygen atoms in total. The first-order valence-electron chi connectivity index (χ1n) is 8.84. The largest absolute Gasteiger partial charge is 0.508 e. The Balaban J connectivity index is 1.47. The standard InChI is InChI=1S/C22H18Cl2O5/c23-19-13-16(25)14-20(24)21(19)27-10-5-11-28-22(26)15-6-4-9-18(12-15)29-17-7-2-1-3-8-17/h1-4,6-9,12-14,25H,5,10-11H2. The van der Waals surface area contributed by atoms with Gasteiger partial charge in [0.25, 0.3) is 0 Å². The summed E-state index contributed by atoms with van der Waals surface area (Å²) in [6, 6.07) is 18.8. The van der Waals surface area contributed by atoms with E-state index in [-0.39, 0.29) is 34.8 Å². The third-order valence-electron chi connectivity index (χ3n) is 3.80. The van der Waals surface area contributed by atoms with Crippen molar-refractivity contribution in [3.8, 4) is 23.0 Å². The van der Waals surface area contributed by atoms with Gasteiger partial charge >= 0.3 is 5.97 Å². The molecule has 0 aliphatic rings. The molecule has 0 fully saturated rings. The monoisotopic (exact) mass is 432 g/mol. The van der Waals surface area contributed by atoms with Crippen molar-refractivity contribution >= 4 is 29.2 Å². The second-order valence-corrected chi connectivity index (χ2v) is 6.83. The van der Waals surface area contributed by atoms with Gasteiger partial charge in [0, 0.05) is 18.6 Å². The zero-order chi connectivity index (χ0) is 20.6. The minimum atomic E-state index is -0.454. The van der Waals surface area contributed by atoms with Crippen LogP contribution in [0.3, 0.4) is 0 Å². The number of esters is 1. The molecule has 0 aliphatic heterocycles. The molecule has 0 bridgehead atoms. The van der Waals surface area contributed by atoms with Crippen LogP contribution >= 0.6 is 23.2 Å². The molecule has 0 amide bonds. The van der Waals surface area contributed by atoms with Crippen LogP contribution < -0.4 is 9.47 Å². The molecular weight excluding hydrogens is 415 g/mol. The normalized spacial score (nSPS) is 10.4. The van der Waals surface area contributed by atoms with E-state index >= 15 is 0 Å². The molecule has 0 atom stereocenters. The first-order valence-corrected chi connectivity index (χ1v) is 9.59. The zero-order valence-electron chi connectivity index (χ0n) is 15.3. The molecule has 3 rings (SSSR count). The Kier molecular flexibility index (Phi) is 7.22. The Labute approximate surface area is 178 Å². The highest BCUT2D eigenvalue weighted by atomic mass is 35.5. The summed E-state index contributed by atoms with van der Waals surface area (Å²) >= 11 is 12.0. The summed E-state index contributed by atoms with van der Waals surface area (Å²) in [5.74, 6) is 1.01. The molecule has 0 saturated heterocycles. The number of aromatic hydroxyl groups is 1. The van der Waals surface area contributed by atoms with E-state index in [1.54, 1.807) is 24.3 Å². The predicted octanol–water partition coefficient (Wildman–Crippen LogP) is 6.12. The van der Waals surface area contributed by atoms with Gasteiger partial charge in [0.2, 0.25) is 0 Å². The fourth-order valence-electron chi connectivity index (χ4n) is 2.48. The van der Waals surface area contributed by atoms with Crippen LogP contribution in [-0.4, -0.2) is 24.3 Å². The first-order chi connectivity index (χ1) is 14.0. The van der Waals surface area contributed by atoms with E-state index in [9.17, 15) is 9.90 Å². The fraction of sp³-hybridized carbons (Fsp3) is 0.136. The van der Waals surface area contributed by atoms with Gasteiger partial charge in [-0.3, -0.25) is 0 Å². The van der Waals surface area contributed by atoms with Crippen LogP contribution in [0.4, 0.5) is 0 Å². The van der Waals surface area contributed by atoms with Crippen molar-refractivity contribution in [3.05, 3.63) is 82.3 Å². The summed E-state index contributed by atoms with van der Waals surface area (Å²) in [4.78, 5) is 12.2. The van der Waals surface area contributed by atoms with Crippen LogP contribution in [0.25, 0.3) is 0 Å². The van der Waals surface area contributed by atoms with Gasteiger partial charge in [-0.1, -0.05) is 47.5 Å². The lowest BCUT2D eigenvalue weighted by Gasteiger charge is -2.11. The molecule has 0 aromatic heterocycles. The summed E-state index contributed by atoms with van der Waals surface area (Å²) < 4.78 is 16.5. The maximum absolute atomic E-state index is 12.2. The van der Waals surface area contributed by atoms with E-state index in [1.807, 2.05) is 30.3 Å². The average Bonchev–Trinajstić information content (AvgIpc) is 2.70. The van der Waals surface area contributed by atoms with Crippen LogP contribution in [0.5, 0.6) is 23.0 Å². The number of carbonyl (C=O) groups excluding carboxylic acids is 1. The molecular formula is C22H18Cl2O5. The Morgan fingerprint density at radius 3 is 2.28 bits per heavy atom. The Hall–Kier alpha value is -2.89. The molecule has 0 aliphatic carbocycles. The van der Waals surface area contributed by atoms with E-state index in [0.29, 0.717) is 23.5 Å². The van der Waals surface area contributed by atoms with Gasteiger partial charge in [0.15, 0.2) is 5.75 Å². The maximum Gasteiger partial charge on any atom is 0.338 e. The van der Waals surface area contributed by atoms with Gasteiger partial charge in [-0.25, -0.2) is 4.79 Å². The number of rotatable bonds is 8. The summed E-state index contributed by atoms with van der Waals surface area (Å²) in [6.45, 7) is 0.407. The van der Waals surface area contributed by atoms with E-state index in [0.717, 1.165) is 0 Å². The molecule has 29 heavy (non-hydrogen) atoms. The first kappa shape index (κ1) is 20.8. The number of phenols is 1. The van der Waals surface area contributed by atoms with Crippen LogP contribution in [0.1, 0.15) is 16.8 Å². The van der Waals surface area contributed by atoms with Crippen molar-refractivity contribution in [2.75, 3.05) is 13.2 Å². The summed E-state index contributed by atoms with van der Waals surface area (Å²) in [6.07, 6.45) is 0.444. The van der Waals surface area contributed by atoms with E-state index < -0.39 is 5.97 Å². The van der Waals surface area contributed by atoms with Gasteiger partial charge in [-0.15, -0.1) is 0 Å². The van der Waals surface area contributed by atoms with Crippen molar-refractivity contribution in [2.24, 2.45) is 0 Å². The average molecular weight is 433 g/mol. The maximum atomic E-state index is 12.2. The Morgan fingerprint density at radius 1 is 0.862 bits per heavy atom. The van der Waals surface area contributed by atoms with Crippen molar-refractivity contribution < 1.29 is 24.1 Å². The molecule has 1 N–H and O–H groups in total. The van der Waals surface area contributed by atoms with Crippen LogP contribution in [0.15, 0.2) is 66.7 Å². The van der Waals surface area contributed by atoms with Crippen molar-refractivity contribution in [1.82, 2.24) is 0 Å². The summed E-state index contributed by atoms with van der Waals surface area (Å²) in [7, 11) is 0. The van der Waals surface area contributed by atoms with Gasteiger partial charge in [-0.05, 0) is 30.3 Å². The summed E-state index contributed by atoms with van der Waals surface area (Å²) in [5.41, 5.74) is 0.393. The Morgan fingerprint density at radius 2 is 1.55 bits per heavy atom. The highest BCUT2D eigenvalue weighted by molar-refractivity contribution is 6.37. The number of carbonyl (C=O) groups is 1. The third-order valence-corrected chi connectivity index (χ3v) is 4.36. The lowest BCUT2D eigenvalue weighted by atomic mass is 10.2. The molecule has 7 heteroatoms. The van der Waals surface area contributed by atoms with Crippen LogP contribution in [0, 0.1) is 0 Å². The van der Waals surface area contributed by atoms with Crippen LogP contribution in [0.2, 0.25) is 10.0 Å². The SMILES string of the molecule is O=C(OCCCOc1c(Cl)cc(O)cc1Cl)c1cccc(Oc2ccccc2)c1. The molecule has 0 radical (unpaired) electrons. The number of hydrogen-bond donors (Lipinski definition) is 1. The molecule has 150 valence electrons. The van der Waals surface area contributed by atoms with Gasteiger partial charge in [0.05, 0.1) is 28.8 Å². The molecule has 0 spiro atoms. The second-order valence-electron chi connectivity index (χ2n) is 6.02. The fourth-order valence-corrected chi connectivity index (χ4v) is 3.06. The molecule has 3 aromatic rings. The number of ether oxygens (including phenoxy) is 3. The Bertz CT molecular complexity index is 953. The van der Waals surface area contributed by atoms with E-state index in [2.05, 4.69) is 0 Å².